The van der Waals surface area contributed by atoms with E-state index in [1.54, 1.807) is 12.1 Å². The second-order valence-corrected chi connectivity index (χ2v) is 5.14. The average Bonchev–Trinajstić information content (AvgIpc) is 2.39. The van der Waals surface area contributed by atoms with Crippen LogP contribution in [0.1, 0.15) is 24.1 Å². The van der Waals surface area contributed by atoms with E-state index < -0.39 is 5.82 Å². The number of halogens is 2. The van der Waals surface area contributed by atoms with Gasteiger partial charge in [0.1, 0.15) is 11.9 Å². The van der Waals surface area contributed by atoms with E-state index in [0.717, 1.165) is 10.0 Å². The minimum absolute atomic E-state index is 0.0461. The highest BCUT2D eigenvalue weighted by Crippen LogP contribution is 2.23. The lowest BCUT2D eigenvalue weighted by Crippen LogP contribution is -2.06. The van der Waals surface area contributed by atoms with Crippen molar-refractivity contribution in [2.45, 2.75) is 13.0 Å². The molecule has 19 heavy (non-hydrogen) atoms. The average molecular weight is 319 g/mol. The molecule has 0 bridgehead atoms. The molecule has 0 fully saturated rings. The van der Waals surface area contributed by atoms with E-state index >= 15 is 0 Å². The number of nitrogens with one attached hydrogen (secondary N) is 1. The molecule has 0 aliphatic carbocycles. The lowest BCUT2D eigenvalue weighted by atomic mass is 10.1. The van der Waals surface area contributed by atoms with E-state index in [1.165, 1.54) is 12.1 Å². The van der Waals surface area contributed by atoms with E-state index in [2.05, 4.69) is 21.2 Å². The Balaban J connectivity index is 2.17. The number of nitriles is 1. The molecule has 1 N–H and O–H groups in total. The summed E-state index contributed by atoms with van der Waals surface area (Å²) in [5.41, 5.74) is 1.81. The number of rotatable bonds is 3. The number of hydrogen-bond donors (Lipinski definition) is 1. The highest BCUT2D eigenvalue weighted by atomic mass is 79.9. The van der Waals surface area contributed by atoms with Crippen LogP contribution in [0.5, 0.6) is 0 Å². The maximum atomic E-state index is 13.5. The van der Waals surface area contributed by atoms with Gasteiger partial charge in [-0.15, -0.1) is 0 Å². The molecule has 1 atom stereocenters. The van der Waals surface area contributed by atoms with Gasteiger partial charge in [0.05, 0.1) is 5.56 Å². The Kier molecular flexibility index (Phi) is 4.18. The van der Waals surface area contributed by atoms with Crippen LogP contribution in [-0.4, -0.2) is 0 Å². The first-order chi connectivity index (χ1) is 9.10. The summed E-state index contributed by atoms with van der Waals surface area (Å²) in [6.07, 6.45) is 0. The molecule has 0 aromatic heterocycles. The van der Waals surface area contributed by atoms with Gasteiger partial charge in [-0.25, -0.2) is 4.39 Å². The normalized spacial score (nSPS) is 11.7. The third-order valence-electron chi connectivity index (χ3n) is 2.82. The van der Waals surface area contributed by atoms with Crippen molar-refractivity contribution in [1.82, 2.24) is 0 Å². The molecule has 2 aromatic rings. The van der Waals surface area contributed by atoms with Gasteiger partial charge in [-0.3, -0.25) is 0 Å². The third kappa shape index (κ3) is 3.33. The fourth-order valence-electron chi connectivity index (χ4n) is 1.80. The Morgan fingerprint density at radius 3 is 2.68 bits per heavy atom. The topological polar surface area (TPSA) is 35.8 Å². The van der Waals surface area contributed by atoms with Crippen molar-refractivity contribution < 1.29 is 4.39 Å². The maximum absolute atomic E-state index is 13.5. The van der Waals surface area contributed by atoms with Gasteiger partial charge in [0.15, 0.2) is 0 Å². The molecule has 0 aliphatic rings. The minimum Gasteiger partial charge on any atom is -0.378 e. The van der Waals surface area contributed by atoms with Crippen molar-refractivity contribution in [3.63, 3.8) is 0 Å². The van der Waals surface area contributed by atoms with Crippen LogP contribution < -0.4 is 5.32 Å². The number of benzene rings is 2. The third-order valence-corrected chi connectivity index (χ3v) is 3.31. The number of hydrogen-bond acceptors (Lipinski definition) is 2. The molecule has 2 rings (SSSR count). The Hall–Kier alpha value is -1.86. The zero-order valence-corrected chi connectivity index (χ0v) is 11.9. The Bertz CT molecular complexity index is 634. The van der Waals surface area contributed by atoms with Gasteiger partial charge in [0.2, 0.25) is 0 Å². The molecule has 2 aromatic carbocycles. The summed E-state index contributed by atoms with van der Waals surface area (Å²) in [6, 6.07) is 14.3. The van der Waals surface area contributed by atoms with Crippen LogP contribution >= 0.6 is 15.9 Å². The van der Waals surface area contributed by atoms with E-state index in [1.807, 2.05) is 31.2 Å². The monoisotopic (exact) mass is 318 g/mol. The molecule has 2 nitrogen and oxygen atoms in total. The molecule has 0 spiro atoms. The Labute approximate surface area is 120 Å². The second-order valence-electron chi connectivity index (χ2n) is 4.23. The summed E-state index contributed by atoms with van der Waals surface area (Å²) in [7, 11) is 0. The van der Waals surface area contributed by atoms with Crippen LogP contribution in [0.15, 0.2) is 46.9 Å². The first-order valence-corrected chi connectivity index (χ1v) is 6.61. The van der Waals surface area contributed by atoms with Crippen LogP contribution in [0.25, 0.3) is 0 Å². The highest BCUT2D eigenvalue weighted by Gasteiger charge is 2.08. The van der Waals surface area contributed by atoms with Crippen LogP contribution in [-0.2, 0) is 0 Å². The molecule has 96 valence electrons. The maximum Gasteiger partial charge on any atom is 0.143 e. The van der Waals surface area contributed by atoms with E-state index in [4.69, 9.17) is 5.26 Å². The summed E-state index contributed by atoms with van der Waals surface area (Å²) in [5.74, 6) is -0.506. The molecule has 4 heteroatoms. The van der Waals surface area contributed by atoms with Crippen LogP contribution in [0.3, 0.4) is 0 Å². The summed E-state index contributed by atoms with van der Waals surface area (Å²) in [5, 5.41) is 11.9. The lowest BCUT2D eigenvalue weighted by molar-refractivity contribution is 0.624. The van der Waals surface area contributed by atoms with Crippen LogP contribution in [0.2, 0.25) is 0 Å². The van der Waals surface area contributed by atoms with Gasteiger partial charge in [0.25, 0.3) is 0 Å². The van der Waals surface area contributed by atoms with Crippen molar-refractivity contribution in [3.8, 4) is 6.07 Å². The largest absolute Gasteiger partial charge is 0.378 e. The zero-order valence-electron chi connectivity index (χ0n) is 10.3. The van der Waals surface area contributed by atoms with Gasteiger partial charge in [-0.1, -0.05) is 28.1 Å². The molecule has 0 heterocycles. The van der Waals surface area contributed by atoms with Gasteiger partial charge >= 0.3 is 0 Å². The van der Waals surface area contributed by atoms with Crippen molar-refractivity contribution >= 4 is 21.6 Å². The molecule has 0 aliphatic heterocycles. The predicted octanol–water partition coefficient (Wildman–Crippen LogP) is 4.63. The van der Waals surface area contributed by atoms with Gasteiger partial charge in [0, 0.05) is 16.2 Å². The molecular weight excluding hydrogens is 307 g/mol. The highest BCUT2D eigenvalue weighted by molar-refractivity contribution is 9.10. The predicted molar refractivity (Wildman–Crippen MR) is 77.3 cm³/mol. The van der Waals surface area contributed by atoms with Crippen LogP contribution in [0, 0.1) is 17.1 Å². The summed E-state index contributed by atoms with van der Waals surface area (Å²) >= 11 is 3.42. The van der Waals surface area contributed by atoms with E-state index in [0.29, 0.717) is 5.69 Å². The van der Waals surface area contributed by atoms with Crippen LogP contribution in [0.4, 0.5) is 10.1 Å². The van der Waals surface area contributed by atoms with Gasteiger partial charge < -0.3 is 5.32 Å². The van der Waals surface area contributed by atoms with Crippen molar-refractivity contribution in [2.75, 3.05) is 5.32 Å². The summed E-state index contributed by atoms with van der Waals surface area (Å²) in [6.45, 7) is 2.00. The molecule has 0 saturated heterocycles. The molecule has 0 radical (unpaired) electrons. The quantitative estimate of drug-likeness (QED) is 0.895. The SMILES string of the molecule is CC(Nc1ccc(C#N)c(F)c1)c1cccc(Br)c1. The first-order valence-electron chi connectivity index (χ1n) is 5.82. The standard InChI is InChI=1S/C15H12BrFN2/c1-10(11-3-2-4-13(16)7-11)19-14-6-5-12(9-18)15(17)8-14/h2-8,10,19H,1H3. The summed E-state index contributed by atoms with van der Waals surface area (Å²) < 4.78 is 14.5. The lowest BCUT2D eigenvalue weighted by Gasteiger charge is -2.16. The molecule has 0 amide bonds. The van der Waals surface area contributed by atoms with Crippen molar-refractivity contribution in [1.29, 1.82) is 5.26 Å². The smallest absolute Gasteiger partial charge is 0.143 e. The van der Waals surface area contributed by atoms with Gasteiger partial charge in [-0.2, -0.15) is 5.26 Å². The first kappa shape index (κ1) is 13.6. The van der Waals surface area contributed by atoms with Crippen molar-refractivity contribution in [2.24, 2.45) is 0 Å². The zero-order chi connectivity index (χ0) is 13.8. The Morgan fingerprint density at radius 1 is 1.26 bits per heavy atom. The Morgan fingerprint density at radius 2 is 2.05 bits per heavy atom. The van der Waals surface area contributed by atoms with Gasteiger partial charge in [-0.05, 0) is 42.8 Å². The minimum atomic E-state index is -0.506. The van der Waals surface area contributed by atoms with Crippen molar-refractivity contribution in [3.05, 3.63) is 63.9 Å². The molecule has 0 saturated carbocycles. The molecular formula is C15H12BrFN2. The fourth-order valence-corrected chi connectivity index (χ4v) is 2.22. The summed E-state index contributed by atoms with van der Waals surface area (Å²) in [4.78, 5) is 0. The molecule has 1 unspecified atom stereocenters. The van der Waals surface area contributed by atoms with E-state index in [9.17, 15) is 4.39 Å². The number of nitrogens with zero attached hydrogens (tertiary/aromatic N) is 1. The fraction of sp³-hybridized carbons (Fsp3) is 0.133. The number of anilines is 1. The van der Waals surface area contributed by atoms with E-state index in [-0.39, 0.29) is 11.6 Å². The second kappa shape index (κ2) is 5.85.